The van der Waals surface area contributed by atoms with Crippen LogP contribution in [0.2, 0.25) is 0 Å². The molecule has 1 aliphatic rings. The fraction of sp³-hybridized carbons (Fsp3) is 0.600. The lowest BCUT2D eigenvalue weighted by atomic mass is 10.2. The molecule has 5 nitrogen and oxygen atoms in total. The summed E-state index contributed by atoms with van der Waals surface area (Å²) in [5.74, 6) is -0.0471. The molecule has 1 aromatic heterocycles. The lowest BCUT2D eigenvalue weighted by Crippen LogP contribution is -2.08. The number of aliphatic hydroxyl groups is 1. The monoisotopic (exact) mass is 210 g/mol. The number of carbonyl (C=O) groups is 1. The van der Waals surface area contributed by atoms with Crippen LogP contribution >= 0.6 is 0 Å². The highest BCUT2D eigenvalue weighted by molar-refractivity contribution is 5.67. The molecule has 0 saturated carbocycles. The van der Waals surface area contributed by atoms with E-state index in [9.17, 15) is 9.90 Å². The Morgan fingerprint density at radius 3 is 3.07 bits per heavy atom. The van der Waals surface area contributed by atoms with E-state index in [-0.39, 0.29) is 6.42 Å². The van der Waals surface area contributed by atoms with Crippen LogP contribution < -0.4 is 0 Å². The Labute approximate surface area is 87.4 Å². The summed E-state index contributed by atoms with van der Waals surface area (Å²) in [5.41, 5.74) is 0.481. The third-order valence-corrected chi connectivity index (χ3v) is 2.64. The highest BCUT2D eigenvalue weighted by atomic mass is 16.4. The molecule has 0 unspecified atom stereocenters. The van der Waals surface area contributed by atoms with E-state index in [0.717, 1.165) is 31.6 Å². The largest absolute Gasteiger partial charge is 0.481 e. The second kappa shape index (κ2) is 4.02. The molecule has 15 heavy (non-hydrogen) atoms. The van der Waals surface area contributed by atoms with Gasteiger partial charge in [-0.25, -0.2) is 4.98 Å². The Hall–Kier alpha value is -1.36. The van der Waals surface area contributed by atoms with Crippen molar-refractivity contribution >= 4 is 5.97 Å². The summed E-state index contributed by atoms with van der Waals surface area (Å²) in [4.78, 5) is 14.7. The van der Waals surface area contributed by atoms with Crippen molar-refractivity contribution in [3.63, 3.8) is 0 Å². The summed E-state index contributed by atoms with van der Waals surface area (Å²) in [7, 11) is 0. The van der Waals surface area contributed by atoms with Crippen LogP contribution in [0.15, 0.2) is 6.20 Å². The Bertz CT molecular complexity index is 349. The van der Waals surface area contributed by atoms with Crippen molar-refractivity contribution < 1.29 is 15.0 Å². The summed E-state index contributed by atoms with van der Waals surface area (Å²) in [6, 6.07) is 0. The van der Waals surface area contributed by atoms with E-state index in [1.165, 1.54) is 0 Å². The maximum atomic E-state index is 10.4. The highest BCUT2D eigenvalue weighted by Crippen LogP contribution is 2.20. The normalized spacial score (nSPS) is 17.1. The molecule has 1 aromatic rings. The van der Waals surface area contributed by atoms with E-state index in [1.54, 1.807) is 6.20 Å². The molecule has 0 radical (unpaired) electrons. The molecule has 0 aromatic carbocycles. The minimum atomic E-state index is -1.01. The SMILES string of the molecule is O=C(O)C[C@@H](O)c1cn2c(n1)CCCC2. The van der Waals surface area contributed by atoms with Crippen LogP contribution in [0.4, 0.5) is 0 Å². The first-order valence-electron chi connectivity index (χ1n) is 5.12. The van der Waals surface area contributed by atoms with Gasteiger partial charge >= 0.3 is 5.97 Å². The molecule has 0 amide bonds. The second-order valence-electron chi connectivity index (χ2n) is 3.85. The molecule has 0 fully saturated rings. The summed E-state index contributed by atoms with van der Waals surface area (Å²) < 4.78 is 2.00. The van der Waals surface area contributed by atoms with E-state index < -0.39 is 12.1 Å². The molecular weight excluding hydrogens is 196 g/mol. The van der Waals surface area contributed by atoms with Crippen LogP contribution in [0, 0.1) is 0 Å². The Morgan fingerprint density at radius 1 is 1.60 bits per heavy atom. The molecule has 0 saturated heterocycles. The van der Waals surface area contributed by atoms with Crippen molar-refractivity contribution in [1.82, 2.24) is 9.55 Å². The van der Waals surface area contributed by atoms with E-state index in [1.807, 2.05) is 4.57 Å². The van der Waals surface area contributed by atoms with Crippen LogP contribution in [0.25, 0.3) is 0 Å². The molecule has 0 spiro atoms. The van der Waals surface area contributed by atoms with Gasteiger partial charge in [0, 0.05) is 19.2 Å². The zero-order valence-electron chi connectivity index (χ0n) is 8.39. The quantitative estimate of drug-likeness (QED) is 0.771. The van der Waals surface area contributed by atoms with Crippen molar-refractivity contribution in [2.45, 2.75) is 38.3 Å². The maximum Gasteiger partial charge on any atom is 0.306 e. The van der Waals surface area contributed by atoms with Gasteiger partial charge in [0.2, 0.25) is 0 Å². The molecule has 2 rings (SSSR count). The number of hydrogen-bond donors (Lipinski definition) is 2. The number of carboxylic acid groups (broad SMARTS) is 1. The number of aryl methyl sites for hydroxylation is 2. The van der Waals surface area contributed by atoms with Gasteiger partial charge in [-0.1, -0.05) is 0 Å². The van der Waals surface area contributed by atoms with Gasteiger partial charge in [0.15, 0.2) is 0 Å². The number of aliphatic hydroxyl groups excluding tert-OH is 1. The topological polar surface area (TPSA) is 75.3 Å². The lowest BCUT2D eigenvalue weighted by Gasteiger charge is -2.11. The zero-order valence-corrected chi connectivity index (χ0v) is 8.39. The predicted molar refractivity (Wildman–Crippen MR) is 52.4 cm³/mol. The minimum absolute atomic E-state index is 0.281. The number of imidazole rings is 1. The second-order valence-corrected chi connectivity index (χ2v) is 3.85. The van der Waals surface area contributed by atoms with Crippen LogP contribution in [0.3, 0.4) is 0 Å². The van der Waals surface area contributed by atoms with Crippen molar-refractivity contribution in [3.8, 4) is 0 Å². The molecule has 0 aliphatic carbocycles. The van der Waals surface area contributed by atoms with Crippen LogP contribution in [0.5, 0.6) is 0 Å². The molecule has 1 atom stereocenters. The molecule has 5 heteroatoms. The fourth-order valence-corrected chi connectivity index (χ4v) is 1.87. The average Bonchev–Trinajstić information content (AvgIpc) is 2.59. The number of rotatable bonds is 3. The third kappa shape index (κ3) is 2.18. The van der Waals surface area contributed by atoms with Crippen LogP contribution in [-0.2, 0) is 17.8 Å². The van der Waals surface area contributed by atoms with Gasteiger partial charge in [-0.15, -0.1) is 0 Å². The number of nitrogens with zero attached hydrogens (tertiary/aromatic N) is 2. The number of carboxylic acids is 1. The average molecular weight is 210 g/mol. The van der Waals surface area contributed by atoms with Crippen molar-refractivity contribution in [3.05, 3.63) is 17.7 Å². The van der Waals surface area contributed by atoms with Gasteiger partial charge in [0.1, 0.15) is 11.9 Å². The zero-order chi connectivity index (χ0) is 10.8. The first-order chi connectivity index (χ1) is 7.16. The molecule has 2 heterocycles. The van der Waals surface area contributed by atoms with Crippen LogP contribution in [0.1, 0.15) is 36.9 Å². The summed E-state index contributed by atoms with van der Waals surface area (Å²) >= 11 is 0. The maximum absolute atomic E-state index is 10.4. The first kappa shape index (κ1) is 10.2. The summed E-state index contributed by atoms with van der Waals surface area (Å²) in [5, 5.41) is 18.1. The number of fused-ring (bicyclic) bond motifs is 1. The van der Waals surface area contributed by atoms with E-state index in [0.29, 0.717) is 5.69 Å². The molecule has 0 bridgehead atoms. The van der Waals surface area contributed by atoms with E-state index in [2.05, 4.69) is 4.98 Å². The minimum Gasteiger partial charge on any atom is -0.481 e. The molecule has 1 aliphatic heterocycles. The lowest BCUT2D eigenvalue weighted by molar-refractivity contribution is -0.139. The molecule has 2 N–H and O–H groups in total. The number of aliphatic carboxylic acids is 1. The highest BCUT2D eigenvalue weighted by Gasteiger charge is 2.18. The van der Waals surface area contributed by atoms with Gasteiger partial charge in [0.25, 0.3) is 0 Å². The molecule has 82 valence electrons. The first-order valence-corrected chi connectivity index (χ1v) is 5.12. The predicted octanol–water partition coefficient (Wildman–Crippen LogP) is 0.727. The number of aromatic nitrogens is 2. The Kier molecular flexibility index (Phi) is 2.73. The third-order valence-electron chi connectivity index (χ3n) is 2.64. The standard InChI is InChI=1S/C10H14N2O3/c13-8(5-10(14)15)7-6-12-4-2-1-3-9(12)11-7/h6,8,13H,1-5H2,(H,14,15)/t8-/m1/s1. The van der Waals surface area contributed by atoms with Crippen molar-refractivity contribution in [2.24, 2.45) is 0 Å². The smallest absolute Gasteiger partial charge is 0.306 e. The molecular formula is C10H14N2O3. The Balaban J connectivity index is 2.15. The van der Waals surface area contributed by atoms with Gasteiger partial charge in [0.05, 0.1) is 12.1 Å². The summed E-state index contributed by atoms with van der Waals surface area (Å²) in [6.45, 7) is 0.919. The van der Waals surface area contributed by atoms with Gasteiger partial charge in [-0.3, -0.25) is 4.79 Å². The van der Waals surface area contributed by atoms with Crippen LogP contribution in [-0.4, -0.2) is 25.7 Å². The fourth-order valence-electron chi connectivity index (χ4n) is 1.87. The summed E-state index contributed by atoms with van der Waals surface area (Å²) in [6.07, 6.45) is 3.65. The van der Waals surface area contributed by atoms with Gasteiger partial charge in [-0.2, -0.15) is 0 Å². The van der Waals surface area contributed by atoms with E-state index >= 15 is 0 Å². The number of hydrogen-bond acceptors (Lipinski definition) is 3. The van der Waals surface area contributed by atoms with Crippen molar-refractivity contribution in [2.75, 3.05) is 0 Å². The van der Waals surface area contributed by atoms with Crippen molar-refractivity contribution in [1.29, 1.82) is 0 Å². The Morgan fingerprint density at radius 2 is 2.40 bits per heavy atom. The van der Waals surface area contributed by atoms with Gasteiger partial charge in [-0.05, 0) is 12.8 Å². The van der Waals surface area contributed by atoms with E-state index in [4.69, 9.17) is 5.11 Å². The van der Waals surface area contributed by atoms with Gasteiger partial charge < -0.3 is 14.8 Å².